The van der Waals surface area contributed by atoms with E-state index in [0.717, 1.165) is 12.3 Å². The van der Waals surface area contributed by atoms with Crippen molar-refractivity contribution in [2.24, 2.45) is 5.92 Å². The third-order valence-corrected chi connectivity index (χ3v) is 6.86. The highest BCUT2D eigenvalue weighted by atomic mass is 16.8. The first-order chi connectivity index (χ1) is 17.0. The van der Waals surface area contributed by atoms with E-state index >= 15 is 0 Å². The Morgan fingerprint density at radius 2 is 1.81 bits per heavy atom. The van der Waals surface area contributed by atoms with Gasteiger partial charge in [0.25, 0.3) is 0 Å². The van der Waals surface area contributed by atoms with E-state index in [2.05, 4.69) is 0 Å². The molecule has 1 aromatic carbocycles. The maximum absolute atomic E-state index is 12.7. The molecule has 1 saturated carbocycles. The van der Waals surface area contributed by atoms with Crippen LogP contribution in [0.1, 0.15) is 18.9 Å². The van der Waals surface area contributed by atoms with Crippen LogP contribution in [0.4, 0.5) is 0 Å². The Morgan fingerprint density at radius 1 is 1.11 bits per heavy atom. The van der Waals surface area contributed by atoms with E-state index in [4.69, 9.17) is 18.9 Å². The summed E-state index contributed by atoms with van der Waals surface area (Å²) >= 11 is 0. The highest BCUT2D eigenvalue weighted by molar-refractivity contribution is 5.87. The van der Waals surface area contributed by atoms with Gasteiger partial charge in [-0.2, -0.15) is 0 Å². The van der Waals surface area contributed by atoms with Crippen LogP contribution in [0.15, 0.2) is 42.7 Å². The monoisotopic (exact) mass is 510 g/mol. The van der Waals surface area contributed by atoms with Gasteiger partial charge in [-0.25, -0.2) is 4.79 Å². The molecule has 10 atom stereocenters. The Morgan fingerprint density at radius 3 is 2.47 bits per heavy atom. The molecule has 2 heterocycles. The lowest BCUT2D eigenvalue weighted by Gasteiger charge is -2.45. The van der Waals surface area contributed by atoms with Gasteiger partial charge in [-0.05, 0) is 36.8 Å². The number of aliphatic hydroxyl groups excluding tert-OH is 5. The average molecular weight is 510 g/mol. The molecule has 3 aliphatic rings. The molecule has 198 valence electrons. The van der Waals surface area contributed by atoms with Gasteiger partial charge in [-0.15, -0.1) is 0 Å². The number of ether oxygens (including phenoxy) is 4. The zero-order chi connectivity index (χ0) is 26.3. The van der Waals surface area contributed by atoms with Crippen molar-refractivity contribution in [2.75, 3.05) is 6.61 Å². The fourth-order valence-electron chi connectivity index (χ4n) is 4.94. The number of carbonyl (C=O) groups is 1. The number of phenolic OH excluding ortho intramolecular Hbond substituents is 1. The standard InChI is InChI=1S/C24H30O12/c1-23(36-16(28)7-4-12-2-5-13(26)6-3-12)10-15(27)24(32)8-9-33-22(20(23)24)35-21-19(31)18(30)17(29)14(11-25)34-21/h2-9,14-15,17-22,25-27,29-32H,10-11H2,1H3/b7-4+. The van der Waals surface area contributed by atoms with E-state index < -0.39 is 72.8 Å². The molecule has 7 N–H and O–H groups in total. The molecule has 2 aliphatic heterocycles. The minimum absolute atomic E-state index is 0.0669. The Balaban J connectivity index is 1.54. The molecule has 12 heteroatoms. The summed E-state index contributed by atoms with van der Waals surface area (Å²) in [6.45, 7) is 0.808. The smallest absolute Gasteiger partial charge is 0.331 e. The number of aliphatic hydroxyl groups is 6. The van der Waals surface area contributed by atoms with E-state index in [0.29, 0.717) is 5.56 Å². The van der Waals surface area contributed by atoms with E-state index in [1.54, 1.807) is 12.1 Å². The number of aromatic hydroxyl groups is 1. The fraction of sp³-hybridized carbons (Fsp3) is 0.542. The van der Waals surface area contributed by atoms with Gasteiger partial charge in [-0.1, -0.05) is 12.1 Å². The molecule has 0 amide bonds. The second-order valence-corrected chi connectivity index (χ2v) is 9.38. The summed E-state index contributed by atoms with van der Waals surface area (Å²) in [5, 5.41) is 71.1. The predicted molar refractivity (Wildman–Crippen MR) is 120 cm³/mol. The van der Waals surface area contributed by atoms with Gasteiger partial charge in [0, 0.05) is 12.5 Å². The zero-order valence-electron chi connectivity index (χ0n) is 19.3. The van der Waals surface area contributed by atoms with E-state index in [1.165, 1.54) is 31.2 Å². The predicted octanol–water partition coefficient (Wildman–Crippen LogP) is -1.49. The number of benzene rings is 1. The molecule has 1 aromatic rings. The van der Waals surface area contributed by atoms with Crippen molar-refractivity contribution >= 4 is 12.0 Å². The van der Waals surface area contributed by atoms with Crippen LogP contribution in [0.25, 0.3) is 6.08 Å². The third kappa shape index (κ3) is 4.86. The number of esters is 1. The van der Waals surface area contributed by atoms with Crippen LogP contribution in [-0.4, -0.2) is 103 Å². The normalized spacial score (nSPS) is 42.2. The van der Waals surface area contributed by atoms with Gasteiger partial charge in [0.1, 0.15) is 41.4 Å². The second kappa shape index (κ2) is 10.1. The van der Waals surface area contributed by atoms with E-state index in [9.17, 15) is 40.5 Å². The Bertz CT molecular complexity index is 993. The van der Waals surface area contributed by atoms with E-state index in [-0.39, 0.29) is 12.2 Å². The van der Waals surface area contributed by atoms with Crippen LogP contribution in [0.3, 0.4) is 0 Å². The topological polar surface area (TPSA) is 196 Å². The summed E-state index contributed by atoms with van der Waals surface area (Å²) in [4.78, 5) is 12.7. The number of phenols is 1. The highest BCUT2D eigenvalue weighted by Gasteiger charge is 2.66. The molecule has 2 fully saturated rings. The molecule has 0 bridgehead atoms. The summed E-state index contributed by atoms with van der Waals surface area (Å²) in [6.07, 6.45) is -5.96. The third-order valence-electron chi connectivity index (χ3n) is 6.86. The fourth-order valence-corrected chi connectivity index (χ4v) is 4.94. The van der Waals surface area contributed by atoms with Gasteiger partial charge in [0.2, 0.25) is 6.29 Å². The van der Waals surface area contributed by atoms with Crippen molar-refractivity contribution in [3.63, 3.8) is 0 Å². The quantitative estimate of drug-likeness (QED) is 0.173. The molecule has 4 rings (SSSR count). The molecule has 36 heavy (non-hydrogen) atoms. The Labute approximate surface area is 206 Å². The lowest BCUT2D eigenvalue weighted by molar-refractivity contribution is -0.351. The molecule has 1 saturated heterocycles. The maximum atomic E-state index is 12.7. The van der Waals surface area contributed by atoms with Crippen molar-refractivity contribution in [1.82, 2.24) is 0 Å². The average Bonchev–Trinajstić information content (AvgIpc) is 3.04. The summed E-state index contributed by atoms with van der Waals surface area (Å²) in [5.74, 6) is -1.93. The van der Waals surface area contributed by atoms with Crippen molar-refractivity contribution in [3.8, 4) is 5.75 Å². The first-order valence-corrected chi connectivity index (χ1v) is 11.4. The number of carbonyl (C=O) groups excluding carboxylic acids is 1. The summed E-state index contributed by atoms with van der Waals surface area (Å²) in [7, 11) is 0. The first kappa shape index (κ1) is 26.5. The SMILES string of the molecule is CC1(OC(=O)/C=C/c2ccc(O)cc2)CC(O)C2(O)C=COC(OC3OC(CO)C(O)C(O)C3O)C12. The number of rotatable bonds is 6. The molecule has 0 radical (unpaired) electrons. The van der Waals surface area contributed by atoms with Gasteiger partial charge < -0.3 is 54.7 Å². The van der Waals surface area contributed by atoms with Crippen molar-refractivity contribution in [1.29, 1.82) is 0 Å². The summed E-state index contributed by atoms with van der Waals surface area (Å²) < 4.78 is 22.2. The summed E-state index contributed by atoms with van der Waals surface area (Å²) in [6, 6.07) is 6.07. The van der Waals surface area contributed by atoms with Crippen molar-refractivity contribution in [2.45, 2.75) is 67.6 Å². The van der Waals surface area contributed by atoms with Crippen LogP contribution in [0.5, 0.6) is 5.75 Å². The van der Waals surface area contributed by atoms with E-state index in [1.807, 2.05) is 0 Å². The minimum Gasteiger partial charge on any atom is -0.508 e. The molecular formula is C24H30O12. The second-order valence-electron chi connectivity index (χ2n) is 9.38. The van der Waals surface area contributed by atoms with Crippen LogP contribution in [0.2, 0.25) is 0 Å². The number of hydrogen-bond donors (Lipinski definition) is 7. The number of hydrogen-bond acceptors (Lipinski definition) is 12. The van der Waals surface area contributed by atoms with Crippen LogP contribution < -0.4 is 0 Å². The van der Waals surface area contributed by atoms with Gasteiger partial charge in [0.15, 0.2) is 6.29 Å². The van der Waals surface area contributed by atoms with Gasteiger partial charge in [0.05, 0.1) is 24.9 Å². The Kier molecular flexibility index (Phi) is 7.42. The Hall–Kier alpha value is -2.55. The largest absolute Gasteiger partial charge is 0.508 e. The molecule has 12 nitrogen and oxygen atoms in total. The molecule has 1 aliphatic carbocycles. The zero-order valence-corrected chi connectivity index (χ0v) is 19.3. The van der Waals surface area contributed by atoms with Crippen LogP contribution >= 0.6 is 0 Å². The molecule has 10 unspecified atom stereocenters. The van der Waals surface area contributed by atoms with Gasteiger partial charge >= 0.3 is 5.97 Å². The molecule has 0 aromatic heterocycles. The van der Waals surface area contributed by atoms with Crippen LogP contribution in [0, 0.1) is 5.92 Å². The first-order valence-electron chi connectivity index (χ1n) is 11.4. The maximum Gasteiger partial charge on any atom is 0.331 e. The lowest BCUT2D eigenvalue weighted by Crippen LogP contribution is -2.62. The van der Waals surface area contributed by atoms with Crippen LogP contribution in [-0.2, 0) is 23.7 Å². The lowest BCUT2D eigenvalue weighted by atomic mass is 9.81. The molecular weight excluding hydrogens is 480 g/mol. The summed E-state index contributed by atoms with van der Waals surface area (Å²) in [5.41, 5.74) is -2.84. The van der Waals surface area contributed by atoms with Gasteiger partial charge in [-0.3, -0.25) is 0 Å². The highest BCUT2D eigenvalue weighted by Crippen LogP contribution is 2.51. The molecule has 0 spiro atoms. The minimum atomic E-state index is -1.94. The number of fused-ring (bicyclic) bond motifs is 1. The van der Waals surface area contributed by atoms with Crippen molar-refractivity contribution < 1.29 is 59.5 Å². The van der Waals surface area contributed by atoms with Crippen molar-refractivity contribution in [3.05, 3.63) is 48.2 Å².